The maximum Gasteiger partial charge on any atom is 0.269 e. The second kappa shape index (κ2) is 9.19. The van der Waals surface area contributed by atoms with Crippen molar-refractivity contribution in [3.8, 4) is 0 Å². The van der Waals surface area contributed by atoms with Gasteiger partial charge in [-0.3, -0.25) is 19.1 Å². The van der Waals surface area contributed by atoms with Crippen molar-refractivity contribution in [1.82, 2.24) is 19.8 Å². The van der Waals surface area contributed by atoms with E-state index in [2.05, 4.69) is 27.3 Å². The number of para-hydroxylation sites is 2. The van der Waals surface area contributed by atoms with Crippen LogP contribution in [-0.4, -0.2) is 51.2 Å². The first-order chi connectivity index (χ1) is 14.6. The van der Waals surface area contributed by atoms with Gasteiger partial charge in [-0.15, -0.1) is 0 Å². The highest BCUT2D eigenvalue weighted by molar-refractivity contribution is 5.80. The molecule has 30 heavy (non-hydrogen) atoms. The lowest BCUT2D eigenvalue weighted by Gasteiger charge is -2.38. The summed E-state index contributed by atoms with van der Waals surface area (Å²) in [7, 11) is 0. The molecule has 0 spiro atoms. The number of fused-ring (bicyclic) bond motifs is 1. The molecule has 0 unspecified atom stereocenters. The standard InChI is InChI=1S/C23H26N4O3/c28-16-18-14-26(13-17-6-2-1-3-7-17)11-10-19(18)25-22(29)15-27-21-9-5-4-8-20(21)24-12-23(27)30/h1-9,12,18-19,28H,10-11,13-16H2,(H,25,29)/t18-,19-/m0/s1. The normalized spacial score (nSPS) is 19.6. The van der Waals surface area contributed by atoms with Crippen LogP contribution in [-0.2, 0) is 17.9 Å². The molecule has 0 aliphatic carbocycles. The zero-order chi connectivity index (χ0) is 20.9. The van der Waals surface area contributed by atoms with Crippen LogP contribution >= 0.6 is 0 Å². The molecule has 7 heteroatoms. The number of nitrogens with one attached hydrogen (secondary N) is 1. The van der Waals surface area contributed by atoms with Gasteiger partial charge in [-0.05, 0) is 24.1 Å². The minimum atomic E-state index is -0.305. The van der Waals surface area contributed by atoms with E-state index in [9.17, 15) is 14.7 Å². The summed E-state index contributed by atoms with van der Waals surface area (Å²) in [6.07, 6.45) is 2.00. The summed E-state index contributed by atoms with van der Waals surface area (Å²) < 4.78 is 1.44. The van der Waals surface area contributed by atoms with Gasteiger partial charge in [0, 0.05) is 38.2 Å². The minimum Gasteiger partial charge on any atom is -0.396 e. The number of rotatable bonds is 6. The fourth-order valence-electron chi connectivity index (χ4n) is 4.14. The van der Waals surface area contributed by atoms with Crippen LogP contribution in [0.4, 0.5) is 0 Å². The molecule has 0 radical (unpaired) electrons. The summed E-state index contributed by atoms with van der Waals surface area (Å²) >= 11 is 0. The summed E-state index contributed by atoms with van der Waals surface area (Å²) in [4.78, 5) is 31.4. The number of aliphatic hydroxyl groups is 1. The van der Waals surface area contributed by atoms with Crippen LogP contribution < -0.4 is 10.9 Å². The largest absolute Gasteiger partial charge is 0.396 e. The van der Waals surface area contributed by atoms with Crippen LogP contribution in [0.15, 0.2) is 65.6 Å². The molecule has 2 N–H and O–H groups in total. The molecular weight excluding hydrogens is 380 g/mol. The lowest BCUT2D eigenvalue weighted by Crippen LogP contribution is -2.52. The molecular formula is C23H26N4O3. The molecule has 2 atom stereocenters. The first kappa shape index (κ1) is 20.3. The van der Waals surface area contributed by atoms with Gasteiger partial charge in [0.1, 0.15) is 6.54 Å². The van der Waals surface area contributed by atoms with Gasteiger partial charge in [0.2, 0.25) is 5.91 Å². The molecule has 1 amide bonds. The van der Waals surface area contributed by atoms with Crippen LogP contribution in [0.5, 0.6) is 0 Å². The van der Waals surface area contributed by atoms with E-state index >= 15 is 0 Å². The Bertz CT molecular complexity index is 1070. The highest BCUT2D eigenvalue weighted by Crippen LogP contribution is 2.19. The van der Waals surface area contributed by atoms with Crippen LogP contribution in [0, 0.1) is 5.92 Å². The Labute approximate surface area is 175 Å². The van der Waals surface area contributed by atoms with E-state index in [1.165, 1.54) is 16.3 Å². The second-order valence-electron chi connectivity index (χ2n) is 7.80. The van der Waals surface area contributed by atoms with E-state index in [1.807, 2.05) is 36.4 Å². The molecule has 0 bridgehead atoms. The maximum atomic E-state index is 12.7. The number of hydrogen-bond acceptors (Lipinski definition) is 5. The van der Waals surface area contributed by atoms with Gasteiger partial charge in [0.05, 0.1) is 17.2 Å². The first-order valence-electron chi connectivity index (χ1n) is 10.2. The predicted molar refractivity (Wildman–Crippen MR) is 115 cm³/mol. The van der Waals surface area contributed by atoms with Gasteiger partial charge < -0.3 is 10.4 Å². The molecule has 1 aliphatic rings. The van der Waals surface area contributed by atoms with Gasteiger partial charge in [-0.25, -0.2) is 4.98 Å². The zero-order valence-electron chi connectivity index (χ0n) is 16.8. The number of carbonyl (C=O) groups excluding carboxylic acids is 1. The Balaban J connectivity index is 1.40. The lowest BCUT2D eigenvalue weighted by molar-refractivity contribution is -0.123. The summed E-state index contributed by atoms with van der Waals surface area (Å²) in [5.41, 5.74) is 2.24. The number of nitrogens with zero attached hydrogens (tertiary/aromatic N) is 3. The van der Waals surface area contributed by atoms with Crippen molar-refractivity contribution >= 4 is 16.9 Å². The van der Waals surface area contributed by atoms with Gasteiger partial charge >= 0.3 is 0 Å². The molecule has 7 nitrogen and oxygen atoms in total. The highest BCUT2D eigenvalue weighted by Gasteiger charge is 2.30. The Kier molecular flexibility index (Phi) is 6.21. The summed E-state index contributed by atoms with van der Waals surface area (Å²) in [5.74, 6) is -0.272. The number of benzene rings is 2. The summed E-state index contributed by atoms with van der Waals surface area (Å²) in [6, 6.07) is 17.4. The molecule has 156 valence electrons. The van der Waals surface area contributed by atoms with E-state index in [1.54, 1.807) is 6.07 Å². The fraction of sp³-hybridized carbons (Fsp3) is 0.348. The summed E-state index contributed by atoms with van der Waals surface area (Å²) in [5, 5.41) is 12.9. The third kappa shape index (κ3) is 4.58. The minimum absolute atomic E-state index is 0.00831. The molecule has 1 saturated heterocycles. The molecule has 2 heterocycles. The van der Waals surface area contributed by atoms with E-state index in [-0.39, 0.29) is 36.6 Å². The topological polar surface area (TPSA) is 87.5 Å². The Morgan fingerprint density at radius 1 is 1.13 bits per heavy atom. The van der Waals surface area contributed by atoms with Crippen molar-refractivity contribution in [2.24, 2.45) is 5.92 Å². The van der Waals surface area contributed by atoms with Crippen LogP contribution in [0.3, 0.4) is 0 Å². The van der Waals surface area contributed by atoms with Gasteiger partial charge in [-0.2, -0.15) is 0 Å². The zero-order valence-corrected chi connectivity index (χ0v) is 16.8. The third-order valence-corrected chi connectivity index (χ3v) is 5.70. The van der Waals surface area contributed by atoms with E-state index < -0.39 is 0 Å². The smallest absolute Gasteiger partial charge is 0.269 e. The lowest BCUT2D eigenvalue weighted by atomic mass is 9.92. The molecule has 1 aromatic heterocycles. The molecule has 4 rings (SSSR count). The average Bonchev–Trinajstić information content (AvgIpc) is 2.77. The number of aliphatic hydroxyl groups excluding tert-OH is 1. The number of carbonyl (C=O) groups is 1. The van der Waals surface area contributed by atoms with Crippen molar-refractivity contribution in [3.05, 3.63) is 76.7 Å². The number of hydrogen-bond donors (Lipinski definition) is 2. The van der Waals surface area contributed by atoms with Crippen molar-refractivity contribution in [3.63, 3.8) is 0 Å². The molecule has 3 aromatic rings. The highest BCUT2D eigenvalue weighted by atomic mass is 16.3. The van der Waals surface area contributed by atoms with Crippen molar-refractivity contribution in [1.29, 1.82) is 0 Å². The molecule has 1 aliphatic heterocycles. The van der Waals surface area contributed by atoms with Crippen LogP contribution in [0.2, 0.25) is 0 Å². The summed E-state index contributed by atoms with van der Waals surface area (Å²) in [6.45, 7) is 2.33. The van der Waals surface area contributed by atoms with Crippen molar-refractivity contribution in [2.45, 2.75) is 25.6 Å². The quantitative estimate of drug-likeness (QED) is 0.646. The maximum absolute atomic E-state index is 12.7. The van der Waals surface area contributed by atoms with Crippen LogP contribution in [0.1, 0.15) is 12.0 Å². The van der Waals surface area contributed by atoms with E-state index in [0.29, 0.717) is 17.6 Å². The number of piperidine rings is 1. The van der Waals surface area contributed by atoms with E-state index in [0.717, 1.165) is 19.5 Å². The van der Waals surface area contributed by atoms with E-state index in [4.69, 9.17) is 0 Å². The monoisotopic (exact) mass is 406 g/mol. The molecule has 0 saturated carbocycles. The number of aromatic nitrogens is 2. The van der Waals surface area contributed by atoms with Crippen LogP contribution in [0.25, 0.3) is 11.0 Å². The average molecular weight is 406 g/mol. The fourth-order valence-corrected chi connectivity index (χ4v) is 4.14. The van der Waals surface area contributed by atoms with Gasteiger partial charge in [0.25, 0.3) is 5.56 Å². The first-order valence-corrected chi connectivity index (χ1v) is 10.2. The van der Waals surface area contributed by atoms with Gasteiger partial charge in [-0.1, -0.05) is 42.5 Å². The number of amides is 1. The SMILES string of the molecule is O=C(Cn1c(=O)cnc2ccccc21)N[C@H]1CCN(Cc2ccccc2)C[C@H]1CO. The molecule has 2 aromatic carbocycles. The Hall–Kier alpha value is -3.03. The van der Waals surface area contributed by atoms with Crippen molar-refractivity contribution in [2.75, 3.05) is 19.7 Å². The second-order valence-corrected chi connectivity index (χ2v) is 7.80. The van der Waals surface area contributed by atoms with Crippen molar-refractivity contribution < 1.29 is 9.90 Å². The number of likely N-dealkylation sites (tertiary alicyclic amines) is 1. The molecule has 1 fully saturated rings. The Morgan fingerprint density at radius 3 is 2.70 bits per heavy atom. The predicted octanol–water partition coefficient (Wildman–Crippen LogP) is 1.40. The Morgan fingerprint density at radius 2 is 1.90 bits per heavy atom. The van der Waals surface area contributed by atoms with Gasteiger partial charge in [0.15, 0.2) is 0 Å². The third-order valence-electron chi connectivity index (χ3n) is 5.70.